The third-order valence-corrected chi connectivity index (χ3v) is 3.11. The molecule has 1 aromatic carbocycles. The van der Waals surface area contributed by atoms with Gasteiger partial charge in [0.25, 0.3) is 0 Å². The van der Waals surface area contributed by atoms with E-state index in [1.165, 1.54) is 22.7 Å². The van der Waals surface area contributed by atoms with E-state index in [9.17, 15) is 18.4 Å². The molecule has 0 radical (unpaired) electrons. The fourth-order valence-corrected chi connectivity index (χ4v) is 2.03. The highest BCUT2D eigenvalue weighted by Crippen LogP contribution is 2.12. The number of thioether (sulfide) groups is 1. The lowest BCUT2D eigenvalue weighted by Gasteiger charge is -2.22. The Morgan fingerprint density at radius 1 is 1.30 bits per heavy atom. The summed E-state index contributed by atoms with van der Waals surface area (Å²) in [6, 6.07) is 3.37. The second kappa shape index (κ2) is 7.84. The average Bonchev–Trinajstić information content (AvgIpc) is 2.38. The van der Waals surface area contributed by atoms with Crippen LogP contribution in [0.2, 0.25) is 0 Å². The van der Waals surface area contributed by atoms with Crippen molar-refractivity contribution in [3.8, 4) is 0 Å². The minimum Gasteiger partial charge on any atom is -0.481 e. The maximum atomic E-state index is 13.1. The number of aliphatic carboxylic acids is 1. The molecule has 0 aliphatic heterocycles. The maximum absolute atomic E-state index is 13.1. The Labute approximate surface area is 119 Å². The summed E-state index contributed by atoms with van der Waals surface area (Å²) in [6.07, 6.45) is 1.56. The molecule has 0 unspecified atom stereocenters. The van der Waals surface area contributed by atoms with Crippen LogP contribution in [0.5, 0.6) is 0 Å². The molecule has 1 amide bonds. The molecule has 20 heavy (non-hydrogen) atoms. The topological polar surface area (TPSA) is 57.6 Å². The normalized spacial score (nSPS) is 10.3. The molecule has 110 valence electrons. The smallest absolute Gasteiger partial charge is 0.305 e. The lowest BCUT2D eigenvalue weighted by molar-refractivity contribution is -0.138. The molecule has 4 nitrogen and oxygen atoms in total. The number of halogens is 2. The predicted octanol–water partition coefficient (Wildman–Crippen LogP) is 2.13. The van der Waals surface area contributed by atoms with Gasteiger partial charge < -0.3 is 10.0 Å². The van der Waals surface area contributed by atoms with Gasteiger partial charge in [-0.3, -0.25) is 9.59 Å². The van der Waals surface area contributed by atoms with Gasteiger partial charge >= 0.3 is 5.97 Å². The van der Waals surface area contributed by atoms with Crippen LogP contribution in [0.4, 0.5) is 8.78 Å². The van der Waals surface area contributed by atoms with Crippen molar-refractivity contribution in [2.75, 3.05) is 18.6 Å². The molecule has 0 saturated heterocycles. The summed E-state index contributed by atoms with van der Waals surface area (Å²) in [5.41, 5.74) is 0.420. The van der Waals surface area contributed by atoms with Crippen molar-refractivity contribution in [1.29, 1.82) is 0 Å². The van der Waals surface area contributed by atoms with Crippen LogP contribution in [0.3, 0.4) is 0 Å². The van der Waals surface area contributed by atoms with Crippen molar-refractivity contribution in [1.82, 2.24) is 4.90 Å². The maximum Gasteiger partial charge on any atom is 0.305 e. The first kappa shape index (κ1) is 16.4. The highest BCUT2D eigenvalue weighted by Gasteiger charge is 2.15. The van der Waals surface area contributed by atoms with Gasteiger partial charge in [0.1, 0.15) is 0 Å². The van der Waals surface area contributed by atoms with Crippen LogP contribution in [0, 0.1) is 11.6 Å². The minimum absolute atomic E-state index is 0.0354. The molecule has 1 aromatic rings. The number of carbonyl (C=O) groups excluding carboxylic acids is 1. The second-order valence-corrected chi connectivity index (χ2v) is 5.01. The molecule has 0 heterocycles. The first-order valence-electron chi connectivity index (χ1n) is 5.86. The Morgan fingerprint density at radius 2 is 2.00 bits per heavy atom. The molecule has 0 saturated carbocycles. The fourth-order valence-electron chi connectivity index (χ4n) is 1.60. The highest BCUT2D eigenvalue weighted by atomic mass is 32.2. The first-order chi connectivity index (χ1) is 9.43. The van der Waals surface area contributed by atoms with Gasteiger partial charge in [-0.25, -0.2) is 8.78 Å². The minimum atomic E-state index is -1.02. The number of hydrogen-bond acceptors (Lipinski definition) is 3. The van der Waals surface area contributed by atoms with E-state index in [0.29, 0.717) is 5.56 Å². The Hall–Kier alpha value is -1.63. The summed E-state index contributed by atoms with van der Waals surface area (Å²) in [7, 11) is 0. The Bertz CT molecular complexity index is 497. The Kier molecular flexibility index (Phi) is 6.44. The zero-order chi connectivity index (χ0) is 15.1. The van der Waals surface area contributed by atoms with Gasteiger partial charge in [-0.05, 0) is 24.0 Å². The molecule has 0 aliphatic carbocycles. The van der Waals surface area contributed by atoms with E-state index in [4.69, 9.17) is 5.11 Å². The summed E-state index contributed by atoms with van der Waals surface area (Å²) in [5.74, 6) is -2.98. The zero-order valence-corrected chi connectivity index (χ0v) is 11.8. The van der Waals surface area contributed by atoms with Crippen LogP contribution < -0.4 is 0 Å². The van der Waals surface area contributed by atoms with Gasteiger partial charge in [0.2, 0.25) is 5.91 Å². The van der Waals surface area contributed by atoms with E-state index in [2.05, 4.69) is 0 Å². The Balaban J connectivity index is 2.78. The van der Waals surface area contributed by atoms with Crippen molar-refractivity contribution < 1.29 is 23.5 Å². The van der Waals surface area contributed by atoms with Gasteiger partial charge in [-0.2, -0.15) is 11.8 Å². The van der Waals surface area contributed by atoms with Crippen LogP contribution in [0.25, 0.3) is 0 Å². The van der Waals surface area contributed by atoms with Gasteiger partial charge in [0, 0.05) is 13.1 Å². The number of benzene rings is 1. The van der Waals surface area contributed by atoms with E-state index in [0.717, 1.165) is 12.1 Å². The van der Waals surface area contributed by atoms with E-state index < -0.39 is 17.6 Å². The van der Waals surface area contributed by atoms with E-state index in [-0.39, 0.29) is 31.2 Å². The molecule has 0 spiro atoms. The quantitative estimate of drug-likeness (QED) is 0.838. The molecular weight excluding hydrogens is 288 g/mol. The SMILES string of the molecule is CSCC(=O)N(CCC(=O)O)Cc1ccc(F)c(F)c1. The summed E-state index contributed by atoms with van der Waals surface area (Å²) < 4.78 is 25.9. The average molecular weight is 303 g/mol. The highest BCUT2D eigenvalue weighted by molar-refractivity contribution is 7.99. The second-order valence-electron chi connectivity index (χ2n) is 4.14. The Morgan fingerprint density at radius 3 is 2.55 bits per heavy atom. The summed E-state index contributed by atoms with van der Waals surface area (Å²) in [6.45, 7) is 0.0948. The largest absolute Gasteiger partial charge is 0.481 e. The fraction of sp³-hybridized carbons (Fsp3) is 0.385. The van der Waals surface area contributed by atoms with Crippen molar-refractivity contribution in [3.05, 3.63) is 35.4 Å². The number of carboxylic acid groups (broad SMARTS) is 1. The number of rotatable bonds is 7. The molecule has 0 fully saturated rings. The van der Waals surface area contributed by atoms with Crippen LogP contribution in [-0.2, 0) is 16.1 Å². The molecule has 0 aliphatic rings. The molecule has 0 aromatic heterocycles. The number of amides is 1. The molecular formula is C13H15F2NO3S. The van der Waals surface area contributed by atoms with Gasteiger partial charge in [0.15, 0.2) is 11.6 Å². The van der Waals surface area contributed by atoms with E-state index in [1.807, 2.05) is 0 Å². The molecule has 0 bridgehead atoms. The van der Waals surface area contributed by atoms with E-state index >= 15 is 0 Å². The lowest BCUT2D eigenvalue weighted by atomic mass is 10.2. The summed E-state index contributed by atoms with van der Waals surface area (Å²) in [4.78, 5) is 23.8. The van der Waals surface area contributed by atoms with E-state index in [1.54, 1.807) is 6.26 Å². The molecule has 1 N–H and O–H groups in total. The van der Waals surface area contributed by atoms with Gasteiger partial charge in [-0.15, -0.1) is 0 Å². The number of hydrogen-bond donors (Lipinski definition) is 1. The van der Waals surface area contributed by atoms with Crippen molar-refractivity contribution >= 4 is 23.6 Å². The summed E-state index contributed by atoms with van der Waals surface area (Å²) >= 11 is 1.32. The zero-order valence-electron chi connectivity index (χ0n) is 10.9. The number of nitrogens with zero attached hydrogens (tertiary/aromatic N) is 1. The van der Waals surface area contributed by atoms with Crippen molar-refractivity contribution in [2.45, 2.75) is 13.0 Å². The van der Waals surface area contributed by atoms with Crippen LogP contribution in [0.1, 0.15) is 12.0 Å². The number of carboxylic acids is 1. The number of carbonyl (C=O) groups is 2. The third-order valence-electron chi connectivity index (χ3n) is 2.57. The third kappa shape index (κ3) is 5.16. The van der Waals surface area contributed by atoms with Crippen molar-refractivity contribution in [2.24, 2.45) is 0 Å². The molecule has 7 heteroatoms. The molecule has 0 atom stereocenters. The monoisotopic (exact) mass is 303 g/mol. The van der Waals surface area contributed by atoms with Crippen LogP contribution >= 0.6 is 11.8 Å². The first-order valence-corrected chi connectivity index (χ1v) is 7.26. The molecule has 1 rings (SSSR count). The van der Waals surface area contributed by atoms with Gasteiger partial charge in [0.05, 0.1) is 12.2 Å². The predicted molar refractivity (Wildman–Crippen MR) is 72.4 cm³/mol. The van der Waals surface area contributed by atoms with Crippen LogP contribution in [0.15, 0.2) is 18.2 Å². The summed E-state index contributed by atoms with van der Waals surface area (Å²) in [5, 5.41) is 8.67. The lowest BCUT2D eigenvalue weighted by Crippen LogP contribution is -2.33. The van der Waals surface area contributed by atoms with Crippen molar-refractivity contribution in [3.63, 3.8) is 0 Å². The standard InChI is InChI=1S/C13H15F2NO3S/c1-20-8-12(17)16(5-4-13(18)19)7-9-2-3-10(14)11(15)6-9/h2-3,6H,4-5,7-8H2,1H3,(H,18,19). The van der Waals surface area contributed by atoms with Gasteiger partial charge in [-0.1, -0.05) is 6.07 Å². The van der Waals surface area contributed by atoms with Crippen LogP contribution in [-0.4, -0.2) is 40.4 Å².